The molecular formula is C22H23N3O6. The standard InChI is InChI=1S/C22H23N3O6/c1-22(14-7-9-15(29-2)10-8-14)20(27)25(21(28)24-22)12-19(26)23-11-16-13-30-17-5-3-4-6-18(17)31-16/h3-10,16H,11-13H2,1-2H3,(H,23,26)(H,24,28)/t16-,22-/m1/s1. The summed E-state index contributed by atoms with van der Waals surface area (Å²) in [5.74, 6) is 0.936. The summed E-state index contributed by atoms with van der Waals surface area (Å²) in [6.45, 7) is 1.70. The van der Waals surface area contributed by atoms with Crippen molar-refractivity contribution in [3.8, 4) is 17.2 Å². The van der Waals surface area contributed by atoms with Gasteiger partial charge in [0.05, 0.1) is 13.7 Å². The molecule has 0 aliphatic carbocycles. The van der Waals surface area contributed by atoms with Crippen molar-refractivity contribution in [3.05, 3.63) is 54.1 Å². The molecule has 2 aromatic carbocycles. The molecule has 2 aliphatic heterocycles. The third kappa shape index (κ3) is 3.98. The fourth-order valence-electron chi connectivity index (χ4n) is 3.55. The van der Waals surface area contributed by atoms with Crippen LogP contribution >= 0.6 is 0 Å². The maximum Gasteiger partial charge on any atom is 0.325 e. The van der Waals surface area contributed by atoms with E-state index >= 15 is 0 Å². The van der Waals surface area contributed by atoms with E-state index < -0.39 is 23.4 Å². The van der Waals surface area contributed by atoms with E-state index in [4.69, 9.17) is 14.2 Å². The number of benzene rings is 2. The van der Waals surface area contributed by atoms with Gasteiger partial charge in [0.15, 0.2) is 11.5 Å². The first-order valence-electron chi connectivity index (χ1n) is 9.84. The van der Waals surface area contributed by atoms with Crippen LogP contribution in [0.25, 0.3) is 0 Å². The van der Waals surface area contributed by atoms with Crippen LogP contribution in [0.1, 0.15) is 12.5 Å². The molecule has 0 bridgehead atoms. The molecule has 2 N–H and O–H groups in total. The Hall–Kier alpha value is -3.75. The lowest BCUT2D eigenvalue weighted by Gasteiger charge is -2.26. The summed E-state index contributed by atoms with van der Waals surface area (Å²) in [6.07, 6.45) is -0.369. The maximum atomic E-state index is 13.0. The number of ether oxygens (including phenoxy) is 3. The topological polar surface area (TPSA) is 106 Å². The molecule has 0 radical (unpaired) electrons. The van der Waals surface area contributed by atoms with E-state index in [1.54, 1.807) is 44.4 Å². The Balaban J connectivity index is 1.35. The van der Waals surface area contributed by atoms with Crippen LogP contribution in [0.3, 0.4) is 0 Å². The molecule has 1 saturated heterocycles. The van der Waals surface area contributed by atoms with E-state index in [9.17, 15) is 14.4 Å². The fraction of sp³-hybridized carbons (Fsp3) is 0.318. The number of para-hydroxylation sites is 2. The van der Waals surface area contributed by atoms with Gasteiger partial charge in [-0.05, 0) is 36.8 Å². The minimum atomic E-state index is -1.26. The summed E-state index contributed by atoms with van der Waals surface area (Å²) < 4.78 is 16.5. The predicted molar refractivity (Wildman–Crippen MR) is 110 cm³/mol. The third-order valence-corrected chi connectivity index (χ3v) is 5.34. The Morgan fingerprint density at radius 1 is 1.19 bits per heavy atom. The zero-order valence-corrected chi connectivity index (χ0v) is 17.2. The maximum absolute atomic E-state index is 13.0. The van der Waals surface area contributed by atoms with Crippen LogP contribution < -0.4 is 24.8 Å². The Morgan fingerprint density at radius 3 is 2.61 bits per heavy atom. The molecule has 0 aromatic heterocycles. The van der Waals surface area contributed by atoms with Gasteiger partial charge in [0, 0.05) is 0 Å². The van der Waals surface area contributed by atoms with Crippen molar-refractivity contribution in [1.29, 1.82) is 0 Å². The molecule has 0 unspecified atom stereocenters. The highest BCUT2D eigenvalue weighted by Crippen LogP contribution is 2.31. The number of nitrogens with zero attached hydrogens (tertiary/aromatic N) is 1. The lowest BCUT2D eigenvalue weighted by Crippen LogP contribution is -2.46. The van der Waals surface area contributed by atoms with Gasteiger partial charge < -0.3 is 24.8 Å². The first kappa shape index (κ1) is 20.5. The second-order valence-electron chi connectivity index (χ2n) is 7.48. The van der Waals surface area contributed by atoms with Crippen molar-refractivity contribution in [1.82, 2.24) is 15.5 Å². The number of methoxy groups -OCH3 is 1. The predicted octanol–water partition coefficient (Wildman–Crippen LogP) is 1.42. The van der Waals surface area contributed by atoms with Crippen LogP contribution in [-0.4, -0.2) is 55.7 Å². The van der Waals surface area contributed by atoms with Crippen molar-refractivity contribution in [2.24, 2.45) is 0 Å². The Bertz CT molecular complexity index is 1010. The van der Waals surface area contributed by atoms with Crippen molar-refractivity contribution in [2.45, 2.75) is 18.6 Å². The SMILES string of the molecule is COc1ccc([C@@]2(C)NC(=O)N(CC(=O)NC[C@@H]3COc4ccccc4O3)C2=O)cc1. The molecule has 4 rings (SSSR count). The minimum Gasteiger partial charge on any atom is -0.497 e. The number of fused-ring (bicyclic) bond motifs is 1. The van der Waals surface area contributed by atoms with Gasteiger partial charge in [0.25, 0.3) is 5.91 Å². The van der Waals surface area contributed by atoms with Crippen LogP contribution in [0.4, 0.5) is 4.79 Å². The van der Waals surface area contributed by atoms with Gasteiger partial charge in [-0.15, -0.1) is 0 Å². The van der Waals surface area contributed by atoms with E-state index in [2.05, 4.69) is 10.6 Å². The molecular weight excluding hydrogens is 402 g/mol. The number of nitrogens with one attached hydrogen (secondary N) is 2. The lowest BCUT2D eigenvalue weighted by molar-refractivity contribution is -0.134. The van der Waals surface area contributed by atoms with E-state index in [1.807, 2.05) is 18.2 Å². The summed E-state index contributed by atoms with van der Waals surface area (Å²) in [7, 11) is 1.54. The van der Waals surface area contributed by atoms with Crippen LogP contribution in [-0.2, 0) is 15.1 Å². The van der Waals surface area contributed by atoms with E-state index in [1.165, 1.54) is 0 Å². The summed E-state index contributed by atoms with van der Waals surface area (Å²) in [6, 6.07) is 13.5. The quantitative estimate of drug-likeness (QED) is 0.678. The van der Waals surface area contributed by atoms with Gasteiger partial charge in [-0.25, -0.2) is 4.79 Å². The lowest BCUT2D eigenvalue weighted by atomic mass is 9.92. The van der Waals surface area contributed by atoms with Gasteiger partial charge in [0.1, 0.15) is 30.5 Å². The highest BCUT2D eigenvalue weighted by molar-refractivity contribution is 6.09. The molecule has 162 valence electrons. The molecule has 1 fully saturated rings. The summed E-state index contributed by atoms with van der Waals surface area (Å²) in [4.78, 5) is 38.7. The molecule has 2 aromatic rings. The van der Waals surface area contributed by atoms with Crippen LogP contribution in [0.5, 0.6) is 17.2 Å². The Labute approximate surface area is 179 Å². The summed E-state index contributed by atoms with van der Waals surface area (Å²) >= 11 is 0. The number of rotatable bonds is 6. The van der Waals surface area contributed by atoms with Gasteiger partial charge >= 0.3 is 6.03 Å². The van der Waals surface area contributed by atoms with Gasteiger partial charge in [-0.1, -0.05) is 24.3 Å². The Morgan fingerprint density at radius 2 is 1.90 bits per heavy atom. The molecule has 9 nitrogen and oxygen atoms in total. The van der Waals surface area contributed by atoms with E-state index in [0.29, 0.717) is 22.8 Å². The molecule has 0 saturated carbocycles. The fourth-order valence-corrected chi connectivity index (χ4v) is 3.55. The summed E-state index contributed by atoms with van der Waals surface area (Å²) in [5.41, 5.74) is -0.658. The smallest absolute Gasteiger partial charge is 0.325 e. The zero-order chi connectivity index (χ0) is 22.0. The zero-order valence-electron chi connectivity index (χ0n) is 17.2. The van der Waals surface area contributed by atoms with Gasteiger partial charge in [-0.3, -0.25) is 14.5 Å². The van der Waals surface area contributed by atoms with Crippen molar-refractivity contribution in [3.63, 3.8) is 0 Å². The number of imide groups is 1. The van der Waals surface area contributed by atoms with Crippen LogP contribution in [0.2, 0.25) is 0 Å². The average Bonchev–Trinajstić information content (AvgIpc) is 3.01. The number of carbonyl (C=O) groups excluding carboxylic acids is 3. The first-order chi connectivity index (χ1) is 14.9. The number of hydrogen-bond acceptors (Lipinski definition) is 6. The molecule has 31 heavy (non-hydrogen) atoms. The normalized spacial score (nSPS) is 22.1. The summed E-state index contributed by atoms with van der Waals surface area (Å²) in [5, 5.41) is 5.38. The molecule has 0 spiro atoms. The number of carbonyl (C=O) groups is 3. The van der Waals surface area contributed by atoms with Gasteiger partial charge in [-0.2, -0.15) is 0 Å². The highest BCUT2D eigenvalue weighted by atomic mass is 16.6. The number of urea groups is 1. The van der Waals surface area contributed by atoms with Crippen LogP contribution in [0, 0.1) is 0 Å². The van der Waals surface area contributed by atoms with Crippen molar-refractivity contribution >= 4 is 17.8 Å². The molecule has 2 heterocycles. The highest BCUT2D eigenvalue weighted by Gasteiger charge is 2.49. The minimum absolute atomic E-state index is 0.187. The van der Waals surface area contributed by atoms with Gasteiger partial charge in [0.2, 0.25) is 5.91 Å². The largest absolute Gasteiger partial charge is 0.497 e. The molecule has 2 atom stereocenters. The van der Waals surface area contributed by atoms with E-state index in [0.717, 1.165) is 4.90 Å². The number of amides is 4. The van der Waals surface area contributed by atoms with E-state index in [-0.39, 0.29) is 25.8 Å². The third-order valence-electron chi connectivity index (χ3n) is 5.34. The first-order valence-corrected chi connectivity index (χ1v) is 9.84. The second-order valence-corrected chi connectivity index (χ2v) is 7.48. The van der Waals surface area contributed by atoms with Crippen LogP contribution in [0.15, 0.2) is 48.5 Å². The Kier molecular flexibility index (Phi) is 5.41. The molecule has 2 aliphatic rings. The number of hydrogen-bond donors (Lipinski definition) is 2. The van der Waals surface area contributed by atoms with Crippen molar-refractivity contribution < 1.29 is 28.6 Å². The average molecular weight is 425 g/mol. The molecule has 9 heteroatoms. The molecule has 4 amide bonds. The monoisotopic (exact) mass is 425 g/mol. The van der Waals surface area contributed by atoms with Crippen molar-refractivity contribution in [2.75, 3.05) is 26.8 Å². The second kappa shape index (κ2) is 8.17.